The Hall–Kier alpha value is -3.41. The highest BCUT2D eigenvalue weighted by molar-refractivity contribution is 5.86. The predicted molar refractivity (Wildman–Crippen MR) is 153 cm³/mol. The second-order valence-corrected chi connectivity index (χ2v) is 9.80. The first-order valence-corrected chi connectivity index (χ1v) is 13.4. The number of aliphatic hydroxyl groups excluding tert-OH is 2. The average Bonchev–Trinajstić information content (AvgIpc) is 2.93. The van der Waals surface area contributed by atoms with Gasteiger partial charge in [-0.2, -0.15) is 0 Å². The second kappa shape index (κ2) is 14.5. The lowest BCUT2D eigenvalue weighted by Crippen LogP contribution is -2.15. The monoisotopic (exact) mass is 516 g/mol. The van der Waals surface area contributed by atoms with Gasteiger partial charge in [0, 0.05) is 24.7 Å². The minimum absolute atomic E-state index is 0.0713. The zero-order valence-electron chi connectivity index (χ0n) is 22.8. The highest BCUT2D eigenvalue weighted by Gasteiger charge is 2.13. The van der Waals surface area contributed by atoms with E-state index in [1.807, 2.05) is 6.07 Å². The lowest BCUT2D eigenvalue weighted by atomic mass is 9.92. The van der Waals surface area contributed by atoms with Gasteiger partial charge in [0.2, 0.25) is 0 Å². The summed E-state index contributed by atoms with van der Waals surface area (Å²) in [6, 6.07) is 21.4. The Morgan fingerprint density at radius 2 is 1.55 bits per heavy atom. The Balaban J connectivity index is 1.85. The fraction of sp³-hybridized carbons (Fsp3) is 0.364. The normalized spacial score (nSPS) is 11.0. The van der Waals surface area contributed by atoms with Crippen molar-refractivity contribution in [3.05, 3.63) is 89.5 Å². The lowest BCUT2D eigenvalue weighted by Gasteiger charge is -2.17. The summed E-state index contributed by atoms with van der Waals surface area (Å²) in [5.41, 5.74) is 8.64. The molecule has 5 heteroatoms. The molecule has 5 nitrogen and oxygen atoms in total. The first-order valence-electron chi connectivity index (χ1n) is 13.4. The van der Waals surface area contributed by atoms with Gasteiger partial charge in [0.05, 0.1) is 13.2 Å². The Labute approximate surface area is 226 Å². The molecule has 0 amide bonds. The number of hydrogen-bond donors (Lipinski definition) is 2. The summed E-state index contributed by atoms with van der Waals surface area (Å²) in [6.07, 6.45) is 2.80. The van der Waals surface area contributed by atoms with E-state index in [2.05, 4.69) is 75.0 Å². The molecule has 38 heavy (non-hydrogen) atoms. The van der Waals surface area contributed by atoms with Crippen molar-refractivity contribution < 1.29 is 24.5 Å². The fourth-order valence-electron chi connectivity index (χ4n) is 4.30. The SMILES string of the molecule is C=C(C)C(=O)OCCCc1cc(-c2ccc(-c3ccc(C)cc3)cc2CC)ccc1OCCC(CO)CO. The van der Waals surface area contributed by atoms with Crippen LogP contribution in [0.3, 0.4) is 0 Å². The number of esters is 1. The summed E-state index contributed by atoms with van der Waals surface area (Å²) in [5.74, 6) is 0.192. The highest BCUT2D eigenvalue weighted by atomic mass is 16.5. The zero-order chi connectivity index (χ0) is 27.5. The summed E-state index contributed by atoms with van der Waals surface area (Å²) >= 11 is 0. The fourth-order valence-corrected chi connectivity index (χ4v) is 4.30. The summed E-state index contributed by atoms with van der Waals surface area (Å²) in [6.45, 7) is 10.1. The number of carbonyl (C=O) groups excluding carboxylic acids is 1. The third-order valence-electron chi connectivity index (χ3n) is 6.71. The summed E-state index contributed by atoms with van der Waals surface area (Å²) in [5, 5.41) is 18.7. The Bertz CT molecular complexity index is 1210. The third-order valence-corrected chi connectivity index (χ3v) is 6.71. The van der Waals surface area contributed by atoms with Crippen molar-refractivity contribution in [1.29, 1.82) is 0 Å². The number of hydrogen-bond acceptors (Lipinski definition) is 5. The maximum atomic E-state index is 11.8. The molecule has 0 spiro atoms. The van der Waals surface area contributed by atoms with Crippen LogP contribution in [-0.2, 0) is 22.4 Å². The number of ether oxygens (including phenoxy) is 2. The van der Waals surface area contributed by atoms with E-state index in [-0.39, 0.29) is 25.1 Å². The van der Waals surface area contributed by atoms with Crippen molar-refractivity contribution in [2.75, 3.05) is 26.4 Å². The van der Waals surface area contributed by atoms with Crippen molar-refractivity contribution in [2.24, 2.45) is 5.92 Å². The van der Waals surface area contributed by atoms with Crippen LogP contribution in [0.25, 0.3) is 22.3 Å². The molecular formula is C33H40O5. The van der Waals surface area contributed by atoms with Crippen molar-refractivity contribution in [2.45, 2.75) is 46.5 Å². The first kappa shape index (κ1) is 29.2. The molecule has 0 heterocycles. The third kappa shape index (κ3) is 8.04. The topological polar surface area (TPSA) is 76.0 Å². The first-order chi connectivity index (χ1) is 18.4. The molecule has 3 aromatic rings. The summed E-state index contributed by atoms with van der Waals surface area (Å²) in [4.78, 5) is 11.8. The van der Waals surface area contributed by atoms with E-state index in [1.165, 1.54) is 27.8 Å². The highest BCUT2D eigenvalue weighted by Crippen LogP contribution is 2.33. The van der Waals surface area contributed by atoms with Crippen LogP contribution >= 0.6 is 0 Å². The van der Waals surface area contributed by atoms with Gasteiger partial charge in [0.15, 0.2) is 0 Å². The number of aliphatic hydroxyl groups is 2. The van der Waals surface area contributed by atoms with Crippen molar-refractivity contribution in [3.63, 3.8) is 0 Å². The molecule has 0 aliphatic heterocycles. The molecule has 3 aromatic carbocycles. The van der Waals surface area contributed by atoms with Gasteiger partial charge in [-0.1, -0.05) is 67.6 Å². The Morgan fingerprint density at radius 3 is 2.21 bits per heavy atom. The number of carbonyl (C=O) groups is 1. The summed E-state index contributed by atoms with van der Waals surface area (Å²) in [7, 11) is 0. The van der Waals surface area contributed by atoms with Crippen LogP contribution in [0.1, 0.15) is 43.4 Å². The Morgan fingerprint density at radius 1 is 0.895 bits per heavy atom. The molecular weight excluding hydrogens is 476 g/mol. The smallest absolute Gasteiger partial charge is 0.333 e. The maximum absolute atomic E-state index is 11.8. The maximum Gasteiger partial charge on any atom is 0.333 e. The van der Waals surface area contributed by atoms with E-state index >= 15 is 0 Å². The van der Waals surface area contributed by atoms with Crippen LogP contribution in [0, 0.1) is 12.8 Å². The largest absolute Gasteiger partial charge is 0.493 e. The number of benzene rings is 3. The van der Waals surface area contributed by atoms with Gasteiger partial charge >= 0.3 is 5.97 Å². The van der Waals surface area contributed by atoms with Crippen LogP contribution in [-0.4, -0.2) is 42.6 Å². The molecule has 0 unspecified atom stereocenters. The van der Waals surface area contributed by atoms with E-state index in [4.69, 9.17) is 9.47 Å². The van der Waals surface area contributed by atoms with Crippen LogP contribution in [0.15, 0.2) is 72.8 Å². The standard InChI is InChI=1S/C33H40O5/c1-5-26-19-28(27-10-8-24(4)9-11-27)12-14-31(26)29-13-15-32(37-18-16-25(21-34)22-35)30(20-29)7-6-17-38-33(36)23(2)3/h8-15,19-20,25,34-35H,2,5-7,16-18,21-22H2,1,3-4H3. The molecule has 0 atom stereocenters. The molecule has 2 N–H and O–H groups in total. The second-order valence-electron chi connectivity index (χ2n) is 9.80. The van der Waals surface area contributed by atoms with E-state index < -0.39 is 0 Å². The van der Waals surface area contributed by atoms with Crippen LogP contribution in [0.2, 0.25) is 0 Å². The molecule has 0 aromatic heterocycles. The van der Waals surface area contributed by atoms with E-state index in [1.54, 1.807) is 6.92 Å². The van der Waals surface area contributed by atoms with Gasteiger partial charge in [-0.15, -0.1) is 0 Å². The van der Waals surface area contributed by atoms with Crippen LogP contribution in [0.4, 0.5) is 0 Å². The molecule has 0 saturated heterocycles. The van der Waals surface area contributed by atoms with Gasteiger partial charge in [-0.3, -0.25) is 0 Å². The number of rotatable bonds is 14. The van der Waals surface area contributed by atoms with Gasteiger partial charge in [0.25, 0.3) is 0 Å². The van der Waals surface area contributed by atoms with Crippen molar-refractivity contribution >= 4 is 5.97 Å². The van der Waals surface area contributed by atoms with E-state index in [0.717, 1.165) is 23.3 Å². The van der Waals surface area contributed by atoms with Gasteiger partial charge < -0.3 is 19.7 Å². The van der Waals surface area contributed by atoms with Crippen LogP contribution < -0.4 is 4.74 Å². The van der Waals surface area contributed by atoms with Crippen molar-refractivity contribution in [3.8, 4) is 28.0 Å². The average molecular weight is 517 g/mol. The lowest BCUT2D eigenvalue weighted by molar-refractivity contribution is -0.139. The quantitative estimate of drug-likeness (QED) is 0.149. The minimum Gasteiger partial charge on any atom is -0.493 e. The van der Waals surface area contributed by atoms with Gasteiger partial charge in [-0.25, -0.2) is 4.79 Å². The zero-order valence-corrected chi connectivity index (χ0v) is 22.8. The molecule has 0 fully saturated rings. The molecule has 0 aliphatic rings. The van der Waals surface area contributed by atoms with Gasteiger partial charge in [0.1, 0.15) is 5.75 Å². The Kier molecular flexibility index (Phi) is 11.1. The molecule has 202 valence electrons. The minimum atomic E-state index is -0.379. The van der Waals surface area contributed by atoms with E-state index in [9.17, 15) is 15.0 Å². The van der Waals surface area contributed by atoms with E-state index in [0.29, 0.717) is 38.0 Å². The van der Waals surface area contributed by atoms with Crippen molar-refractivity contribution in [1.82, 2.24) is 0 Å². The molecule has 0 aliphatic carbocycles. The van der Waals surface area contributed by atoms with Gasteiger partial charge in [-0.05, 0) is 85.0 Å². The molecule has 3 rings (SSSR count). The summed E-state index contributed by atoms with van der Waals surface area (Å²) < 4.78 is 11.4. The number of aryl methyl sites for hydroxylation is 3. The van der Waals surface area contributed by atoms with Crippen LogP contribution in [0.5, 0.6) is 5.75 Å². The molecule has 0 bridgehead atoms. The predicted octanol–water partition coefficient (Wildman–Crippen LogP) is 6.31. The molecule has 0 saturated carbocycles. The molecule has 0 radical (unpaired) electrons.